The molecule has 1 saturated carbocycles. The van der Waals surface area contributed by atoms with Gasteiger partial charge in [0.05, 0.1) is 5.69 Å². The van der Waals surface area contributed by atoms with Crippen molar-refractivity contribution in [1.82, 2.24) is 5.32 Å². The maximum absolute atomic E-state index is 12.9. The number of rotatable bonds is 1. The zero-order chi connectivity index (χ0) is 18.6. The summed E-state index contributed by atoms with van der Waals surface area (Å²) < 4.78 is 0. The number of aryl methyl sites for hydroxylation is 1. The van der Waals surface area contributed by atoms with Crippen LogP contribution in [0.3, 0.4) is 0 Å². The Balaban J connectivity index is 1.62. The number of anilines is 2. The molecule has 2 aromatic rings. The highest BCUT2D eigenvalue weighted by Crippen LogP contribution is 2.51. The SMILES string of the molecule is Cc1ccc(C2CC(=O)Nc3sc4c(c32)NC2(CCCCC2)NC4=O)cc1. The summed E-state index contributed by atoms with van der Waals surface area (Å²) in [6.07, 6.45) is 5.76. The van der Waals surface area contributed by atoms with Crippen LogP contribution in [0.25, 0.3) is 0 Å². The summed E-state index contributed by atoms with van der Waals surface area (Å²) in [4.78, 5) is 25.9. The topological polar surface area (TPSA) is 70.2 Å². The second-order valence-electron chi connectivity index (χ2n) is 7.99. The van der Waals surface area contributed by atoms with E-state index in [1.54, 1.807) is 0 Å². The number of carbonyl (C=O) groups excluding carboxylic acids is 2. The number of nitrogens with one attached hydrogen (secondary N) is 3. The van der Waals surface area contributed by atoms with Crippen LogP contribution >= 0.6 is 11.3 Å². The second-order valence-corrected chi connectivity index (χ2v) is 9.01. The summed E-state index contributed by atoms with van der Waals surface area (Å²) in [5, 5.41) is 10.7. The lowest BCUT2D eigenvalue weighted by Crippen LogP contribution is -2.58. The summed E-state index contributed by atoms with van der Waals surface area (Å²) >= 11 is 1.39. The molecule has 140 valence electrons. The number of amides is 2. The monoisotopic (exact) mass is 381 g/mol. The van der Waals surface area contributed by atoms with Gasteiger partial charge < -0.3 is 16.0 Å². The van der Waals surface area contributed by atoms with Crippen LogP contribution in [0.5, 0.6) is 0 Å². The molecular formula is C21H23N3O2S. The van der Waals surface area contributed by atoms with Gasteiger partial charge in [0, 0.05) is 17.9 Å². The Kier molecular flexibility index (Phi) is 3.79. The fraction of sp³-hybridized carbons (Fsp3) is 0.429. The number of thiophene rings is 1. The number of hydrogen-bond donors (Lipinski definition) is 3. The van der Waals surface area contributed by atoms with Gasteiger partial charge in [-0.3, -0.25) is 9.59 Å². The predicted octanol–water partition coefficient (Wildman–Crippen LogP) is 4.35. The molecule has 1 atom stereocenters. The standard InChI is InChI=1S/C21H23N3O2S/c1-12-5-7-13(8-6-12)14-11-15(25)22-20-16(14)17-18(27-20)19(26)24-21(23-17)9-3-2-4-10-21/h5-8,14,23H,2-4,9-11H2,1H3,(H,22,25)(H,24,26). The molecule has 3 aliphatic rings. The molecule has 2 amide bonds. The van der Waals surface area contributed by atoms with Crippen LogP contribution in [0.4, 0.5) is 10.7 Å². The van der Waals surface area contributed by atoms with Crippen LogP contribution in [-0.2, 0) is 4.79 Å². The third-order valence-electron chi connectivity index (χ3n) is 6.05. The van der Waals surface area contributed by atoms with Crippen molar-refractivity contribution in [2.24, 2.45) is 0 Å². The Hall–Kier alpha value is -2.34. The van der Waals surface area contributed by atoms with Crippen molar-refractivity contribution >= 4 is 33.8 Å². The maximum atomic E-state index is 12.9. The van der Waals surface area contributed by atoms with Crippen LogP contribution in [0.1, 0.15) is 70.8 Å². The molecule has 6 heteroatoms. The van der Waals surface area contributed by atoms with Gasteiger partial charge in [-0.05, 0) is 38.2 Å². The van der Waals surface area contributed by atoms with Gasteiger partial charge in [-0.2, -0.15) is 0 Å². The summed E-state index contributed by atoms with van der Waals surface area (Å²) in [5.74, 6) is -0.0187. The van der Waals surface area contributed by atoms with Crippen LogP contribution in [0, 0.1) is 6.92 Å². The highest BCUT2D eigenvalue weighted by molar-refractivity contribution is 7.19. The summed E-state index contributed by atoms with van der Waals surface area (Å²) in [5.41, 5.74) is 4.01. The largest absolute Gasteiger partial charge is 0.361 e. The van der Waals surface area contributed by atoms with Gasteiger partial charge in [0.25, 0.3) is 5.91 Å². The highest BCUT2D eigenvalue weighted by Gasteiger charge is 2.43. The van der Waals surface area contributed by atoms with E-state index in [0.717, 1.165) is 47.5 Å². The molecule has 0 radical (unpaired) electrons. The zero-order valence-corrected chi connectivity index (χ0v) is 16.2. The Bertz CT molecular complexity index is 926. The zero-order valence-electron chi connectivity index (χ0n) is 15.4. The van der Waals surface area contributed by atoms with E-state index in [0.29, 0.717) is 11.3 Å². The maximum Gasteiger partial charge on any atom is 0.265 e. The normalized spacial score (nSPS) is 23.1. The van der Waals surface area contributed by atoms with Gasteiger partial charge in [-0.25, -0.2) is 0 Å². The number of hydrogen-bond acceptors (Lipinski definition) is 4. The van der Waals surface area contributed by atoms with Crippen LogP contribution in [0.15, 0.2) is 24.3 Å². The Morgan fingerprint density at radius 1 is 1.04 bits per heavy atom. The fourth-order valence-electron chi connectivity index (χ4n) is 4.65. The molecule has 2 aliphatic heterocycles. The van der Waals surface area contributed by atoms with Crippen molar-refractivity contribution in [3.05, 3.63) is 45.8 Å². The van der Waals surface area contributed by atoms with E-state index in [9.17, 15) is 9.59 Å². The van der Waals surface area contributed by atoms with E-state index in [1.807, 2.05) is 0 Å². The molecule has 0 bridgehead atoms. The molecule has 27 heavy (non-hydrogen) atoms. The first-order chi connectivity index (χ1) is 13.0. The van der Waals surface area contributed by atoms with E-state index in [2.05, 4.69) is 47.1 Å². The summed E-state index contributed by atoms with van der Waals surface area (Å²) in [6.45, 7) is 2.06. The average molecular weight is 382 g/mol. The van der Waals surface area contributed by atoms with Gasteiger partial charge in [0.2, 0.25) is 5.91 Å². The van der Waals surface area contributed by atoms with Gasteiger partial charge in [0.1, 0.15) is 15.5 Å². The third kappa shape index (κ3) is 2.74. The molecule has 5 nitrogen and oxygen atoms in total. The second kappa shape index (κ2) is 6.09. The number of fused-ring (bicyclic) bond motifs is 3. The van der Waals surface area contributed by atoms with Crippen LogP contribution in [0.2, 0.25) is 0 Å². The van der Waals surface area contributed by atoms with Crippen molar-refractivity contribution in [2.75, 3.05) is 10.6 Å². The van der Waals surface area contributed by atoms with E-state index < -0.39 is 0 Å². The lowest BCUT2D eigenvalue weighted by molar-refractivity contribution is -0.116. The highest BCUT2D eigenvalue weighted by atomic mass is 32.1. The van der Waals surface area contributed by atoms with E-state index in [-0.39, 0.29) is 23.4 Å². The molecule has 1 unspecified atom stereocenters. The molecular weight excluding hydrogens is 358 g/mol. The summed E-state index contributed by atoms with van der Waals surface area (Å²) in [6, 6.07) is 8.38. The van der Waals surface area contributed by atoms with E-state index in [1.165, 1.54) is 23.3 Å². The van der Waals surface area contributed by atoms with Gasteiger partial charge >= 0.3 is 0 Å². The Morgan fingerprint density at radius 3 is 2.52 bits per heavy atom. The predicted molar refractivity (Wildman–Crippen MR) is 107 cm³/mol. The van der Waals surface area contributed by atoms with Gasteiger partial charge in [-0.15, -0.1) is 11.3 Å². The van der Waals surface area contributed by atoms with Crippen molar-refractivity contribution in [1.29, 1.82) is 0 Å². The van der Waals surface area contributed by atoms with Crippen molar-refractivity contribution in [2.45, 2.75) is 57.0 Å². The smallest absolute Gasteiger partial charge is 0.265 e. The fourth-order valence-corrected chi connectivity index (χ4v) is 5.78. The van der Waals surface area contributed by atoms with Crippen LogP contribution < -0.4 is 16.0 Å². The lowest BCUT2D eigenvalue weighted by Gasteiger charge is -2.43. The van der Waals surface area contributed by atoms with Gasteiger partial charge in [0.15, 0.2) is 0 Å². The molecule has 1 spiro atoms. The first-order valence-corrected chi connectivity index (χ1v) is 10.5. The Morgan fingerprint density at radius 2 is 1.78 bits per heavy atom. The van der Waals surface area contributed by atoms with E-state index >= 15 is 0 Å². The molecule has 1 aromatic carbocycles. The van der Waals surface area contributed by atoms with E-state index in [4.69, 9.17) is 0 Å². The summed E-state index contributed by atoms with van der Waals surface area (Å²) in [7, 11) is 0. The lowest BCUT2D eigenvalue weighted by atomic mass is 9.83. The molecule has 1 fully saturated rings. The minimum absolute atomic E-state index is 0.0121. The first kappa shape index (κ1) is 16.8. The molecule has 3 N–H and O–H groups in total. The number of benzene rings is 1. The van der Waals surface area contributed by atoms with Crippen molar-refractivity contribution < 1.29 is 9.59 Å². The molecule has 3 heterocycles. The number of carbonyl (C=O) groups is 2. The quantitative estimate of drug-likeness (QED) is 0.688. The minimum Gasteiger partial charge on any atom is -0.361 e. The minimum atomic E-state index is -0.337. The van der Waals surface area contributed by atoms with Crippen molar-refractivity contribution in [3.8, 4) is 0 Å². The first-order valence-electron chi connectivity index (χ1n) is 9.68. The van der Waals surface area contributed by atoms with Crippen LogP contribution in [-0.4, -0.2) is 17.5 Å². The molecule has 1 aromatic heterocycles. The average Bonchev–Trinajstić information content (AvgIpc) is 3.01. The third-order valence-corrected chi connectivity index (χ3v) is 7.17. The molecule has 1 aliphatic carbocycles. The molecule has 0 saturated heterocycles. The molecule has 5 rings (SSSR count). The van der Waals surface area contributed by atoms with Crippen molar-refractivity contribution in [3.63, 3.8) is 0 Å². The van der Waals surface area contributed by atoms with Gasteiger partial charge in [-0.1, -0.05) is 36.2 Å². The Labute approximate surface area is 162 Å².